The van der Waals surface area contributed by atoms with Gasteiger partial charge in [0.15, 0.2) is 0 Å². The highest BCUT2D eigenvalue weighted by Gasteiger charge is 2.16. The highest BCUT2D eigenvalue weighted by atomic mass is 15.1. The zero-order chi connectivity index (χ0) is 12.5. The summed E-state index contributed by atoms with van der Waals surface area (Å²) < 4.78 is 0. The summed E-state index contributed by atoms with van der Waals surface area (Å²) in [5.41, 5.74) is 0. The van der Waals surface area contributed by atoms with E-state index in [1.807, 2.05) is 0 Å². The van der Waals surface area contributed by atoms with Gasteiger partial charge in [0.1, 0.15) is 0 Å². The van der Waals surface area contributed by atoms with Crippen molar-refractivity contribution in [1.82, 2.24) is 10.2 Å². The first kappa shape index (κ1) is 15.0. The molecule has 0 aliphatic heterocycles. The minimum absolute atomic E-state index is 0.639. The summed E-state index contributed by atoms with van der Waals surface area (Å²) >= 11 is 0. The Labute approximate surface area is 108 Å². The molecule has 0 amide bonds. The van der Waals surface area contributed by atoms with E-state index in [4.69, 9.17) is 0 Å². The average Bonchev–Trinajstić information content (AvgIpc) is 2.75. The van der Waals surface area contributed by atoms with Gasteiger partial charge in [0.2, 0.25) is 0 Å². The van der Waals surface area contributed by atoms with Crippen molar-refractivity contribution in [2.45, 2.75) is 64.8 Å². The van der Waals surface area contributed by atoms with Crippen LogP contribution in [0.4, 0.5) is 0 Å². The van der Waals surface area contributed by atoms with Crippen LogP contribution < -0.4 is 5.32 Å². The largest absolute Gasteiger partial charge is 0.315 e. The van der Waals surface area contributed by atoms with Gasteiger partial charge in [-0.1, -0.05) is 33.1 Å². The molecular formula is C15H32N2. The summed E-state index contributed by atoms with van der Waals surface area (Å²) in [7, 11) is 2.30. The van der Waals surface area contributed by atoms with Gasteiger partial charge in [0.05, 0.1) is 0 Å². The molecule has 0 saturated heterocycles. The van der Waals surface area contributed by atoms with Crippen LogP contribution in [0.5, 0.6) is 0 Å². The van der Waals surface area contributed by atoms with Gasteiger partial charge in [-0.15, -0.1) is 0 Å². The van der Waals surface area contributed by atoms with Gasteiger partial charge in [-0.2, -0.15) is 0 Å². The number of hydrogen-bond donors (Lipinski definition) is 1. The molecule has 2 nitrogen and oxygen atoms in total. The van der Waals surface area contributed by atoms with E-state index in [0.717, 1.165) is 5.92 Å². The van der Waals surface area contributed by atoms with E-state index in [1.165, 1.54) is 64.6 Å². The summed E-state index contributed by atoms with van der Waals surface area (Å²) in [6.07, 6.45) is 9.96. The Balaban J connectivity index is 1.87. The molecule has 0 atom stereocenters. The Bertz CT molecular complexity index is 174. The molecule has 1 N–H and O–H groups in total. The van der Waals surface area contributed by atoms with Gasteiger partial charge >= 0.3 is 0 Å². The highest BCUT2D eigenvalue weighted by Crippen LogP contribution is 2.25. The Kier molecular flexibility index (Phi) is 7.87. The SMILES string of the molecule is CC(C)NCCCCCN(C)CC1CCCC1. The number of unbranched alkanes of at least 4 members (excludes halogenated alkanes) is 2. The third kappa shape index (κ3) is 7.77. The van der Waals surface area contributed by atoms with Gasteiger partial charge in [0.25, 0.3) is 0 Å². The van der Waals surface area contributed by atoms with Crippen LogP contribution in [0, 0.1) is 5.92 Å². The van der Waals surface area contributed by atoms with Crippen molar-refractivity contribution in [1.29, 1.82) is 0 Å². The maximum atomic E-state index is 3.48. The first-order chi connectivity index (χ1) is 8.18. The summed E-state index contributed by atoms with van der Waals surface area (Å²) in [4.78, 5) is 2.55. The molecule has 0 heterocycles. The van der Waals surface area contributed by atoms with Crippen molar-refractivity contribution in [2.24, 2.45) is 5.92 Å². The van der Waals surface area contributed by atoms with Crippen molar-refractivity contribution in [3.8, 4) is 0 Å². The normalized spacial score (nSPS) is 17.5. The zero-order valence-corrected chi connectivity index (χ0v) is 12.2. The molecule has 0 spiro atoms. The van der Waals surface area contributed by atoms with E-state index < -0.39 is 0 Å². The van der Waals surface area contributed by atoms with E-state index in [0.29, 0.717) is 6.04 Å². The molecule has 0 bridgehead atoms. The molecule has 0 aromatic rings. The summed E-state index contributed by atoms with van der Waals surface area (Å²) in [5, 5.41) is 3.48. The molecule has 2 heteroatoms. The lowest BCUT2D eigenvalue weighted by atomic mass is 10.1. The van der Waals surface area contributed by atoms with Gasteiger partial charge in [-0.05, 0) is 51.7 Å². The maximum Gasteiger partial charge on any atom is 0.00103 e. The number of nitrogens with zero attached hydrogens (tertiary/aromatic N) is 1. The second-order valence-electron chi connectivity index (χ2n) is 6.08. The topological polar surface area (TPSA) is 15.3 Å². The van der Waals surface area contributed by atoms with Gasteiger partial charge in [-0.3, -0.25) is 0 Å². The molecule has 1 aliphatic rings. The first-order valence-corrected chi connectivity index (χ1v) is 7.60. The fraction of sp³-hybridized carbons (Fsp3) is 1.00. The van der Waals surface area contributed by atoms with Crippen molar-refractivity contribution in [3.63, 3.8) is 0 Å². The van der Waals surface area contributed by atoms with Gasteiger partial charge in [-0.25, -0.2) is 0 Å². The predicted octanol–water partition coefficient (Wildman–Crippen LogP) is 3.28. The number of hydrogen-bond acceptors (Lipinski definition) is 2. The van der Waals surface area contributed by atoms with E-state index in [-0.39, 0.29) is 0 Å². The zero-order valence-electron chi connectivity index (χ0n) is 12.2. The molecule has 0 aromatic heterocycles. The molecule has 17 heavy (non-hydrogen) atoms. The van der Waals surface area contributed by atoms with Crippen molar-refractivity contribution >= 4 is 0 Å². The smallest absolute Gasteiger partial charge is 0.00103 e. The molecule has 1 fully saturated rings. The molecule has 1 saturated carbocycles. The van der Waals surface area contributed by atoms with Crippen LogP contribution >= 0.6 is 0 Å². The minimum atomic E-state index is 0.639. The van der Waals surface area contributed by atoms with E-state index in [1.54, 1.807) is 0 Å². The van der Waals surface area contributed by atoms with Crippen LogP contribution in [0.1, 0.15) is 58.8 Å². The third-order valence-corrected chi connectivity index (χ3v) is 3.81. The first-order valence-electron chi connectivity index (χ1n) is 7.60. The maximum absolute atomic E-state index is 3.48. The monoisotopic (exact) mass is 240 g/mol. The summed E-state index contributed by atoms with van der Waals surface area (Å²) in [6, 6.07) is 0.639. The second-order valence-corrected chi connectivity index (χ2v) is 6.08. The van der Waals surface area contributed by atoms with Crippen molar-refractivity contribution in [2.75, 3.05) is 26.7 Å². The van der Waals surface area contributed by atoms with Crippen LogP contribution in [-0.2, 0) is 0 Å². The Morgan fingerprint density at radius 2 is 1.82 bits per heavy atom. The quantitative estimate of drug-likeness (QED) is 0.622. The fourth-order valence-corrected chi connectivity index (χ4v) is 2.80. The molecule has 0 radical (unpaired) electrons. The highest BCUT2D eigenvalue weighted by molar-refractivity contribution is 4.70. The van der Waals surface area contributed by atoms with Crippen LogP contribution in [-0.4, -0.2) is 37.6 Å². The number of rotatable bonds is 9. The molecular weight excluding hydrogens is 208 g/mol. The fourth-order valence-electron chi connectivity index (χ4n) is 2.80. The summed E-state index contributed by atoms with van der Waals surface area (Å²) in [6.45, 7) is 8.25. The van der Waals surface area contributed by atoms with Gasteiger partial charge < -0.3 is 10.2 Å². The van der Waals surface area contributed by atoms with Crippen LogP contribution in [0.15, 0.2) is 0 Å². The third-order valence-electron chi connectivity index (χ3n) is 3.81. The number of nitrogens with one attached hydrogen (secondary N) is 1. The van der Waals surface area contributed by atoms with E-state index >= 15 is 0 Å². The Morgan fingerprint density at radius 1 is 1.12 bits per heavy atom. The van der Waals surface area contributed by atoms with Crippen LogP contribution in [0.25, 0.3) is 0 Å². The molecule has 102 valence electrons. The minimum Gasteiger partial charge on any atom is -0.315 e. The predicted molar refractivity (Wildman–Crippen MR) is 76.4 cm³/mol. The van der Waals surface area contributed by atoms with E-state index in [2.05, 4.69) is 31.1 Å². The standard InChI is InChI=1S/C15H32N2/c1-14(2)16-11-7-4-8-12-17(3)13-15-9-5-6-10-15/h14-16H,4-13H2,1-3H3. The lowest BCUT2D eigenvalue weighted by Gasteiger charge is -2.20. The van der Waals surface area contributed by atoms with Crippen molar-refractivity contribution in [3.05, 3.63) is 0 Å². The second kappa shape index (κ2) is 8.93. The lowest BCUT2D eigenvalue weighted by molar-refractivity contribution is 0.272. The molecule has 1 rings (SSSR count). The Hall–Kier alpha value is -0.0800. The van der Waals surface area contributed by atoms with Crippen LogP contribution in [0.2, 0.25) is 0 Å². The van der Waals surface area contributed by atoms with E-state index in [9.17, 15) is 0 Å². The molecule has 0 aromatic carbocycles. The average molecular weight is 240 g/mol. The van der Waals surface area contributed by atoms with Crippen LogP contribution in [0.3, 0.4) is 0 Å². The van der Waals surface area contributed by atoms with Crippen molar-refractivity contribution < 1.29 is 0 Å². The lowest BCUT2D eigenvalue weighted by Crippen LogP contribution is -2.26. The Morgan fingerprint density at radius 3 is 2.47 bits per heavy atom. The molecule has 0 unspecified atom stereocenters. The molecule has 1 aliphatic carbocycles. The summed E-state index contributed by atoms with van der Waals surface area (Å²) in [5.74, 6) is 1.00. The van der Waals surface area contributed by atoms with Gasteiger partial charge in [0, 0.05) is 12.6 Å².